The second kappa shape index (κ2) is 4.49. The van der Waals surface area contributed by atoms with Crippen LogP contribution in [0.15, 0.2) is 12.4 Å². The lowest BCUT2D eigenvalue weighted by atomic mass is 10.1. The predicted molar refractivity (Wildman–Crippen MR) is 71.0 cm³/mol. The molecule has 1 aliphatic heterocycles. The Morgan fingerprint density at radius 2 is 2.11 bits per heavy atom. The SMILES string of the molecule is Cc1cc(NC2CN(c3nnc(C)s3)C2)ncn1. The van der Waals surface area contributed by atoms with Gasteiger partial charge in [0, 0.05) is 24.8 Å². The van der Waals surface area contributed by atoms with Crippen LogP contribution in [0, 0.1) is 13.8 Å². The minimum Gasteiger partial charge on any atom is -0.364 e. The molecule has 1 fully saturated rings. The summed E-state index contributed by atoms with van der Waals surface area (Å²) in [6, 6.07) is 2.38. The van der Waals surface area contributed by atoms with Crippen LogP contribution >= 0.6 is 11.3 Å². The summed E-state index contributed by atoms with van der Waals surface area (Å²) < 4.78 is 0. The third-order valence-electron chi connectivity index (χ3n) is 2.82. The smallest absolute Gasteiger partial charge is 0.208 e. The van der Waals surface area contributed by atoms with Gasteiger partial charge >= 0.3 is 0 Å². The Morgan fingerprint density at radius 1 is 1.28 bits per heavy atom. The zero-order valence-electron chi connectivity index (χ0n) is 10.3. The van der Waals surface area contributed by atoms with Gasteiger partial charge in [-0.05, 0) is 13.8 Å². The standard InChI is InChI=1S/C11H14N6S/c1-7-3-10(13-6-12-7)14-9-4-17(5-9)11-16-15-8(2)18-11/h3,6,9H,4-5H2,1-2H3,(H,12,13,14). The van der Waals surface area contributed by atoms with Crippen molar-refractivity contribution < 1.29 is 0 Å². The van der Waals surface area contributed by atoms with Crippen LogP contribution in [0.3, 0.4) is 0 Å². The molecule has 0 aliphatic carbocycles. The summed E-state index contributed by atoms with van der Waals surface area (Å²) in [5, 5.41) is 13.6. The highest BCUT2D eigenvalue weighted by molar-refractivity contribution is 7.15. The first-order chi connectivity index (χ1) is 8.70. The molecule has 0 atom stereocenters. The van der Waals surface area contributed by atoms with E-state index in [-0.39, 0.29) is 0 Å². The normalized spacial score (nSPS) is 15.6. The molecule has 2 aromatic rings. The van der Waals surface area contributed by atoms with Gasteiger partial charge in [-0.3, -0.25) is 0 Å². The van der Waals surface area contributed by atoms with Gasteiger partial charge in [-0.1, -0.05) is 11.3 Å². The molecule has 1 saturated heterocycles. The number of anilines is 2. The van der Waals surface area contributed by atoms with E-state index in [1.54, 1.807) is 17.7 Å². The zero-order chi connectivity index (χ0) is 12.5. The summed E-state index contributed by atoms with van der Waals surface area (Å²) >= 11 is 1.63. The van der Waals surface area contributed by atoms with Gasteiger partial charge in [0.15, 0.2) is 0 Å². The van der Waals surface area contributed by atoms with E-state index in [1.165, 1.54) is 0 Å². The van der Waals surface area contributed by atoms with E-state index in [1.807, 2.05) is 19.9 Å². The highest BCUT2D eigenvalue weighted by Gasteiger charge is 2.29. The van der Waals surface area contributed by atoms with Crippen LogP contribution in [-0.4, -0.2) is 39.3 Å². The van der Waals surface area contributed by atoms with Crippen LogP contribution in [0.1, 0.15) is 10.7 Å². The molecular formula is C11H14N6S. The monoisotopic (exact) mass is 262 g/mol. The summed E-state index contributed by atoms with van der Waals surface area (Å²) in [5.74, 6) is 0.889. The van der Waals surface area contributed by atoms with E-state index in [9.17, 15) is 0 Å². The summed E-state index contributed by atoms with van der Waals surface area (Å²) in [6.45, 7) is 5.82. The van der Waals surface area contributed by atoms with Crippen LogP contribution in [0.2, 0.25) is 0 Å². The molecule has 3 heterocycles. The van der Waals surface area contributed by atoms with Crippen molar-refractivity contribution in [2.75, 3.05) is 23.3 Å². The van der Waals surface area contributed by atoms with Gasteiger partial charge in [-0.15, -0.1) is 10.2 Å². The molecule has 94 valence electrons. The zero-order valence-corrected chi connectivity index (χ0v) is 11.1. The molecule has 0 bridgehead atoms. The van der Waals surface area contributed by atoms with E-state index in [0.717, 1.165) is 34.7 Å². The number of aryl methyl sites for hydroxylation is 2. The van der Waals surface area contributed by atoms with Crippen LogP contribution in [-0.2, 0) is 0 Å². The number of hydrogen-bond donors (Lipinski definition) is 1. The van der Waals surface area contributed by atoms with Crippen LogP contribution in [0.5, 0.6) is 0 Å². The molecule has 0 unspecified atom stereocenters. The first-order valence-electron chi connectivity index (χ1n) is 5.81. The van der Waals surface area contributed by atoms with Gasteiger partial charge in [-0.2, -0.15) is 0 Å². The Bertz CT molecular complexity index is 548. The molecule has 0 amide bonds. The lowest BCUT2D eigenvalue weighted by molar-refractivity contribution is 0.546. The number of nitrogens with zero attached hydrogens (tertiary/aromatic N) is 5. The Balaban J connectivity index is 1.56. The van der Waals surface area contributed by atoms with E-state index in [2.05, 4.69) is 30.4 Å². The molecule has 7 heteroatoms. The van der Waals surface area contributed by atoms with Crippen molar-refractivity contribution in [1.82, 2.24) is 20.2 Å². The fourth-order valence-corrected chi connectivity index (χ4v) is 2.59. The topological polar surface area (TPSA) is 66.8 Å². The van der Waals surface area contributed by atoms with Crippen molar-refractivity contribution in [2.24, 2.45) is 0 Å². The lowest BCUT2D eigenvalue weighted by Crippen LogP contribution is -2.55. The molecule has 0 saturated carbocycles. The number of rotatable bonds is 3. The average molecular weight is 262 g/mol. The maximum Gasteiger partial charge on any atom is 0.208 e. The number of aromatic nitrogens is 4. The third-order valence-corrected chi connectivity index (χ3v) is 3.72. The minimum absolute atomic E-state index is 0.420. The predicted octanol–water partition coefficient (Wildman–Crippen LogP) is 1.25. The lowest BCUT2D eigenvalue weighted by Gasteiger charge is -2.39. The van der Waals surface area contributed by atoms with Gasteiger partial charge in [0.2, 0.25) is 5.13 Å². The molecule has 0 radical (unpaired) electrons. The molecule has 2 aromatic heterocycles. The Labute approximate surface area is 109 Å². The average Bonchev–Trinajstić information content (AvgIpc) is 2.69. The van der Waals surface area contributed by atoms with Crippen molar-refractivity contribution in [3.05, 3.63) is 23.1 Å². The molecule has 0 aromatic carbocycles. The van der Waals surface area contributed by atoms with Gasteiger partial charge in [0.25, 0.3) is 0 Å². The summed E-state index contributed by atoms with van der Waals surface area (Å²) in [4.78, 5) is 10.5. The van der Waals surface area contributed by atoms with Crippen molar-refractivity contribution >= 4 is 22.3 Å². The molecule has 6 nitrogen and oxygen atoms in total. The molecule has 1 N–H and O–H groups in total. The summed E-state index contributed by atoms with van der Waals surface area (Å²) in [7, 11) is 0. The Hall–Kier alpha value is -1.76. The van der Waals surface area contributed by atoms with E-state index >= 15 is 0 Å². The van der Waals surface area contributed by atoms with Crippen molar-refractivity contribution in [1.29, 1.82) is 0 Å². The fourth-order valence-electron chi connectivity index (χ4n) is 1.88. The number of nitrogens with one attached hydrogen (secondary N) is 1. The van der Waals surface area contributed by atoms with Crippen molar-refractivity contribution in [2.45, 2.75) is 19.9 Å². The van der Waals surface area contributed by atoms with Gasteiger partial charge in [0.1, 0.15) is 17.2 Å². The Morgan fingerprint density at radius 3 is 2.78 bits per heavy atom. The highest BCUT2D eigenvalue weighted by Crippen LogP contribution is 2.25. The summed E-state index contributed by atoms with van der Waals surface area (Å²) in [6.07, 6.45) is 1.59. The largest absolute Gasteiger partial charge is 0.364 e. The maximum atomic E-state index is 4.20. The molecule has 0 spiro atoms. The molecule has 18 heavy (non-hydrogen) atoms. The fraction of sp³-hybridized carbons (Fsp3) is 0.455. The van der Waals surface area contributed by atoms with Crippen LogP contribution in [0.25, 0.3) is 0 Å². The minimum atomic E-state index is 0.420. The van der Waals surface area contributed by atoms with Gasteiger partial charge in [-0.25, -0.2) is 9.97 Å². The summed E-state index contributed by atoms with van der Waals surface area (Å²) in [5.41, 5.74) is 0.975. The van der Waals surface area contributed by atoms with E-state index < -0.39 is 0 Å². The maximum absolute atomic E-state index is 4.20. The quantitative estimate of drug-likeness (QED) is 0.898. The van der Waals surface area contributed by atoms with E-state index in [0.29, 0.717) is 6.04 Å². The first-order valence-corrected chi connectivity index (χ1v) is 6.62. The second-order valence-electron chi connectivity index (χ2n) is 4.39. The highest BCUT2D eigenvalue weighted by atomic mass is 32.1. The van der Waals surface area contributed by atoms with Crippen LogP contribution < -0.4 is 10.2 Å². The third kappa shape index (κ3) is 2.26. The van der Waals surface area contributed by atoms with Gasteiger partial charge in [0.05, 0.1) is 6.04 Å². The second-order valence-corrected chi connectivity index (χ2v) is 5.55. The number of hydrogen-bond acceptors (Lipinski definition) is 7. The Kier molecular flexibility index (Phi) is 2.83. The molecule has 3 rings (SSSR count). The van der Waals surface area contributed by atoms with Crippen molar-refractivity contribution in [3.63, 3.8) is 0 Å². The molecule has 1 aliphatic rings. The van der Waals surface area contributed by atoms with Gasteiger partial charge < -0.3 is 10.2 Å². The van der Waals surface area contributed by atoms with Crippen LogP contribution in [0.4, 0.5) is 10.9 Å². The van der Waals surface area contributed by atoms with Crippen molar-refractivity contribution in [3.8, 4) is 0 Å². The first kappa shape index (κ1) is 11.3. The molecular weight excluding hydrogens is 248 g/mol. The van der Waals surface area contributed by atoms with E-state index in [4.69, 9.17) is 0 Å².